The van der Waals surface area contributed by atoms with Crippen LogP contribution in [0.1, 0.15) is 20.7 Å². The molecule has 0 aliphatic rings. The molecule has 0 saturated heterocycles. The molecule has 0 aromatic heterocycles. The summed E-state index contributed by atoms with van der Waals surface area (Å²) in [6.07, 6.45) is 0. The number of anilines is 1. The minimum Gasteiger partial charge on any atom is -0.507 e. The van der Waals surface area contributed by atoms with Crippen molar-refractivity contribution in [3.05, 3.63) is 90.0 Å². The van der Waals surface area contributed by atoms with Crippen LogP contribution in [0.2, 0.25) is 0 Å². The van der Waals surface area contributed by atoms with Crippen LogP contribution in [0.25, 0.3) is 10.8 Å². The fourth-order valence-corrected chi connectivity index (χ4v) is 3.28. The Morgan fingerprint density at radius 3 is 2.20 bits per heavy atom. The molecule has 0 spiro atoms. The summed E-state index contributed by atoms with van der Waals surface area (Å²) in [6.45, 7) is 0. The first-order valence-corrected chi connectivity index (χ1v) is 10.5. The molecule has 2 N–H and O–H groups in total. The number of phenolic OH excluding ortho intramolecular Hbond substituents is 1. The zero-order chi connectivity index (χ0) is 24.8. The van der Waals surface area contributed by atoms with Crippen LogP contribution in [0, 0.1) is 0 Å². The first kappa shape index (κ1) is 23.2. The normalized spacial score (nSPS) is 10.8. The predicted octanol–water partition coefficient (Wildman–Crippen LogP) is 5.67. The van der Waals surface area contributed by atoms with E-state index in [1.54, 1.807) is 42.5 Å². The molecular weight excluding hydrogens is 450 g/mol. The molecule has 176 valence electrons. The maximum absolute atomic E-state index is 12.4. The molecule has 0 atom stereocenters. The number of azo groups is 1. The van der Waals surface area contributed by atoms with Crippen molar-refractivity contribution in [3.8, 4) is 17.2 Å². The number of ether oxygens (including phenoxy) is 2. The van der Waals surface area contributed by atoms with Crippen molar-refractivity contribution in [2.45, 2.75) is 0 Å². The topological polar surface area (TPSA) is 119 Å². The Kier molecular flexibility index (Phi) is 6.87. The van der Waals surface area contributed by atoms with Gasteiger partial charge in [-0.25, -0.2) is 10.3 Å². The summed E-state index contributed by atoms with van der Waals surface area (Å²) in [6, 6.07) is 21.5. The van der Waals surface area contributed by atoms with Gasteiger partial charge in [0, 0.05) is 0 Å². The number of carbonyl (C=O) groups excluding carboxylic acids is 2. The minimum absolute atomic E-state index is 0.0628. The Balaban J connectivity index is 1.38. The van der Waals surface area contributed by atoms with Crippen molar-refractivity contribution in [3.63, 3.8) is 0 Å². The molecule has 0 unspecified atom stereocenters. The number of carbonyl (C=O) groups is 2. The van der Waals surface area contributed by atoms with Crippen molar-refractivity contribution < 1.29 is 29.0 Å². The maximum atomic E-state index is 12.4. The van der Waals surface area contributed by atoms with Gasteiger partial charge >= 0.3 is 5.97 Å². The lowest BCUT2D eigenvalue weighted by Crippen LogP contribution is -2.11. The number of amides is 1. The highest BCUT2D eigenvalue weighted by atomic mass is 16.7. The highest BCUT2D eigenvalue weighted by Gasteiger charge is 2.13. The van der Waals surface area contributed by atoms with Crippen LogP contribution in [0.3, 0.4) is 0 Å². The fourth-order valence-electron chi connectivity index (χ4n) is 3.28. The third kappa shape index (κ3) is 5.36. The second-order valence-corrected chi connectivity index (χ2v) is 7.33. The third-order valence-electron chi connectivity index (χ3n) is 5.10. The molecule has 4 rings (SSSR count). The number of benzene rings is 4. The zero-order valence-electron chi connectivity index (χ0n) is 18.9. The summed E-state index contributed by atoms with van der Waals surface area (Å²) in [4.78, 5) is 29.9. The monoisotopic (exact) mass is 471 g/mol. The molecule has 0 saturated carbocycles. The van der Waals surface area contributed by atoms with Crippen molar-refractivity contribution in [2.75, 3.05) is 19.7 Å². The molecule has 4 aromatic rings. The maximum Gasteiger partial charge on any atom is 0.362 e. The Morgan fingerprint density at radius 1 is 0.829 bits per heavy atom. The van der Waals surface area contributed by atoms with Crippen LogP contribution in [0.4, 0.5) is 11.4 Å². The van der Waals surface area contributed by atoms with Crippen LogP contribution >= 0.6 is 0 Å². The largest absolute Gasteiger partial charge is 0.507 e. The summed E-state index contributed by atoms with van der Waals surface area (Å²) < 4.78 is 10.3. The molecule has 0 bridgehead atoms. The minimum atomic E-state index is -0.667. The smallest absolute Gasteiger partial charge is 0.362 e. The van der Waals surface area contributed by atoms with Gasteiger partial charge in [0.2, 0.25) is 0 Å². The van der Waals surface area contributed by atoms with Gasteiger partial charge in [-0.15, -0.1) is 10.2 Å². The second-order valence-electron chi connectivity index (χ2n) is 7.33. The molecule has 0 heterocycles. The van der Waals surface area contributed by atoms with Gasteiger partial charge < -0.3 is 19.4 Å². The van der Waals surface area contributed by atoms with E-state index in [2.05, 4.69) is 15.7 Å². The predicted molar refractivity (Wildman–Crippen MR) is 129 cm³/mol. The molecule has 35 heavy (non-hydrogen) atoms. The molecule has 0 aliphatic carbocycles. The fraction of sp³-hybridized carbons (Fsp3) is 0.0769. The molecule has 4 aromatic carbocycles. The highest BCUT2D eigenvalue weighted by molar-refractivity contribution is 6.01. The zero-order valence-corrected chi connectivity index (χ0v) is 18.9. The van der Waals surface area contributed by atoms with Crippen molar-refractivity contribution in [2.24, 2.45) is 10.2 Å². The molecule has 1 amide bonds. The van der Waals surface area contributed by atoms with E-state index in [-0.39, 0.29) is 16.9 Å². The summed E-state index contributed by atoms with van der Waals surface area (Å²) >= 11 is 0. The van der Waals surface area contributed by atoms with Gasteiger partial charge in [0.05, 0.1) is 36.7 Å². The molecule has 9 nitrogen and oxygen atoms in total. The number of nitrogens with zero attached hydrogens (tertiary/aromatic N) is 2. The van der Waals surface area contributed by atoms with Gasteiger partial charge in [0.25, 0.3) is 5.91 Å². The molecule has 0 aliphatic heterocycles. The number of phenols is 1. The van der Waals surface area contributed by atoms with E-state index < -0.39 is 11.9 Å². The van der Waals surface area contributed by atoms with Crippen LogP contribution in [0.5, 0.6) is 17.2 Å². The van der Waals surface area contributed by atoms with E-state index in [0.717, 1.165) is 10.8 Å². The van der Waals surface area contributed by atoms with Crippen LogP contribution in [-0.4, -0.2) is 31.2 Å². The summed E-state index contributed by atoms with van der Waals surface area (Å²) in [5.74, 6) is -0.544. The summed E-state index contributed by atoms with van der Waals surface area (Å²) in [7, 11) is 2.98. The number of fused-ring (bicyclic) bond motifs is 1. The van der Waals surface area contributed by atoms with Crippen LogP contribution in [0.15, 0.2) is 89.1 Å². The van der Waals surface area contributed by atoms with E-state index in [4.69, 9.17) is 14.3 Å². The Hall–Kier alpha value is -4.92. The number of nitrogens with one attached hydrogen (secondary N) is 1. The van der Waals surface area contributed by atoms with E-state index in [0.29, 0.717) is 22.9 Å². The van der Waals surface area contributed by atoms with E-state index in [1.807, 2.05) is 24.3 Å². The number of hydrogen-bond acceptors (Lipinski definition) is 8. The van der Waals surface area contributed by atoms with Gasteiger partial charge in [-0.05, 0) is 65.4 Å². The quantitative estimate of drug-likeness (QED) is 0.263. The molecule has 0 fully saturated rings. The first-order chi connectivity index (χ1) is 17.0. The Labute approximate surface area is 200 Å². The standard InChI is InChI=1S/C26H21N3O6/c1-33-23-12-7-18(15-24(23)34-2)26(32)35-29-20-10-8-19(9-11-20)27-28-25(31)21-13-16-5-3-4-6-17(16)14-22(21)30/h3-15,29-30H,1-2H3. The number of hydrogen-bond donors (Lipinski definition) is 2. The molecule has 0 radical (unpaired) electrons. The summed E-state index contributed by atoms with van der Waals surface area (Å²) in [5, 5.41) is 19.4. The SMILES string of the molecule is COc1ccc(C(=O)ONc2ccc(N=NC(=O)c3cc4ccccc4cc3O)cc2)cc1OC. The number of rotatable bonds is 7. The molecular formula is C26H21N3O6. The average molecular weight is 471 g/mol. The van der Waals surface area contributed by atoms with E-state index in [9.17, 15) is 14.7 Å². The Bertz CT molecular complexity index is 1420. The summed E-state index contributed by atoms with van der Waals surface area (Å²) in [5.41, 5.74) is 3.78. The lowest BCUT2D eigenvalue weighted by molar-refractivity contribution is 0.0596. The van der Waals surface area contributed by atoms with E-state index in [1.165, 1.54) is 26.4 Å². The molecule has 9 heteroatoms. The lowest BCUT2D eigenvalue weighted by Gasteiger charge is -2.10. The van der Waals surface area contributed by atoms with Gasteiger partial charge in [-0.3, -0.25) is 4.79 Å². The van der Waals surface area contributed by atoms with Crippen LogP contribution in [-0.2, 0) is 4.84 Å². The van der Waals surface area contributed by atoms with Gasteiger partial charge in [0.1, 0.15) is 5.75 Å². The van der Waals surface area contributed by atoms with E-state index >= 15 is 0 Å². The van der Waals surface area contributed by atoms with Gasteiger partial charge in [-0.1, -0.05) is 24.3 Å². The van der Waals surface area contributed by atoms with Crippen molar-refractivity contribution in [1.82, 2.24) is 0 Å². The van der Waals surface area contributed by atoms with Crippen molar-refractivity contribution >= 4 is 34.0 Å². The Morgan fingerprint density at radius 2 is 1.51 bits per heavy atom. The van der Waals surface area contributed by atoms with Crippen LogP contribution < -0.4 is 15.0 Å². The van der Waals surface area contributed by atoms with Gasteiger partial charge in [-0.2, -0.15) is 0 Å². The third-order valence-corrected chi connectivity index (χ3v) is 5.10. The van der Waals surface area contributed by atoms with Crippen molar-refractivity contribution in [1.29, 1.82) is 0 Å². The number of aromatic hydroxyl groups is 1. The average Bonchev–Trinajstić information content (AvgIpc) is 2.90. The lowest BCUT2D eigenvalue weighted by atomic mass is 10.1. The van der Waals surface area contributed by atoms with Gasteiger partial charge in [0.15, 0.2) is 11.5 Å². The number of methoxy groups -OCH3 is 2. The first-order valence-electron chi connectivity index (χ1n) is 10.5. The highest BCUT2D eigenvalue weighted by Crippen LogP contribution is 2.28. The second kappa shape index (κ2) is 10.3.